The Morgan fingerprint density at radius 2 is 1.81 bits per heavy atom. The molecule has 0 saturated carbocycles. The van der Waals surface area contributed by atoms with Crippen molar-refractivity contribution in [3.63, 3.8) is 0 Å². The monoisotopic (exact) mass is 440 g/mol. The van der Waals surface area contributed by atoms with E-state index < -0.39 is 41.5 Å². The molecule has 0 amide bonds. The Morgan fingerprint density at radius 3 is 2.32 bits per heavy atom. The van der Waals surface area contributed by atoms with Gasteiger partial charge in [-0.15, -0.1) is 0 Å². The number of alkyl halides is 3. The van der Waals surface area contributed by atoms with E-state index in [0.717, 1.165) is 16.7 Å². The molecule has 0 aliphatic heterocycles. The molecular formula is C22H24F4N2O3. The number of pyridine rings is 1. The van der Waals surface area contributed by atoms with E-state index in [0.29, 0.717) is 5.56 Å². The summed E-state index contributed by atoms with van der Waals surface area (Å²) >= 11 is 0. The zero-order chi connectivity index (χ0) is 23.8. The quantitative estimate of drug-likeness (QED) is 0.685. The van der Waals surface area contributed by atoms with Crippen LogP contribution in [0.2, 0.25) is 0 Å². The summed E-state index contributed by atoms with van der Waals surface area (Å²) in [6.45, 7) is 4.66. The van der Waals surface area contributed by atoms with Crippen molar-refractivity contribution in [2.75, 3.05) is 7.11 Å². The van der Waals surface area contributed by atoms with Crippen LogP contribution < -0.4 is 10.3 Å². The molecule has 9 heteroatoms. The van der Waals surface area contributed by atoms with Gasteiger partial charge in [0.1, 0.15) is 23.2 Å². The van der Waals surface area contributed by atoms with E-state index in [-0.39, 0.29) is 22.6 Å². The van der Waals surface area contributed by atoms with Gasteiger partial charge in [0, 0.05) is 11.3 Å². The van der Waals surface area contributed by atoms with Gasteiger partial charge >= 0.3 is 6.18 Å². The van der Waals surface area contributed by atoms with Gasteiger partial charge in [-0.05, 0) is 55.5 Å². The van der Waals surface area contributed by atoms with Crippen molar-refractivity contribution < 1.29 is 27.4 Å². The van der Waals surface area contributed by atoms with Gasteiger partial charge in [0.25, 0.3) is 5.56 Å². The average Bonchev–Trinajstić information content (AvgIpc) is 2.64. The lowest BCUT2D eigenvalue weighted by atomic mass is 9.74. The molecule has 2 aromatic rings. The number of aryl methyl sites for hydroxylation is 2. The highest BCUT2D eigenvalue weighted by Gasteiger charge is 2.56. The Balaban J connectivity index is 2.61. The molecule has 0 fully saturated rings. The summed E-state index contributed by atoms with van der Waals surface area (Å²) in [5, 5.41) is 20.0. The number of nitrogens with zero attached hydrogens (tertiary/aromatic N) is 2. The van der Waals surface area contributed by atoms with Crippen molar-refractivity contribution in [3.05, 3.63) is 62.8 Å². The Morgan fingerprint density at radius 1 is 1.19 bits per heavy atom. The van der Waals surface area contributed by atoms with E-state index in [9.17, 15) is 32.7 Å². The average molecular weight is 440 g/mol. The minimum Gasteiger partial charge on any atom is -0.496 e. The van der Waals surface area contributed by atoms with Crippen LogP contribution in [-0.4, -0.2) is 28.6 Å². The topological polar surface area (TPSA) is 75.2 Å². The largest absolute Gasteiger partial charge is 0.496 e. The van der Waals surface area contributed by atoms with E-state index >= 15 is 0 Å². The number of aliphatic hydroxyl groups is 1. The van der Waals surface area contributed by atoms with Crippen LogP contribution in [-0.2, 0) is 12.0 Å². The number of nitriles is 1. The number of ether oxygens (including phenoxy) is 1. The van der Waals surface area contributed by atoms with Gasteiger partial charge in [0.2, 0.25) is 0 Å². The minimum atomic E-state index is -5.12. The van der Waals surface area contributed by atoms with E-state index in [1.54, 1.807) is 6.07 Å². The molecule has 5 nitrogen and oxygen atoms in total. The summed E-state index contributed by atoms with van der Waals surface area (Å²) in [6, 6.07) is 6.59. The van der Waals surface area contributed by atoms with Crippen LogP contribution in [0.3, 0.4) is 0 Å². The lowest BCUT2D eigenvalue weighted by Crippen LogP contribution is -2.53. The van der Waals surface area contributed by atoms with Crippen LogP contribution in [0.15, 0.2) is 29.1 Å². The lowest BCUT2D eigenvalue weighted by molar-refractivity contribution is -0.272. The smallest absolute Gasteiger partial charge is 0.418 e. The Labute approximate surface area is 177 Å². The zero-order valence-corrected chi connectivity index (χ0v) is 17.9. The molecule has 1 aromatic heterocycles. The molecule has 0 aliphatic rings. The predicted octanol–water partition coefficient (Wildman–Crippen LogP) is 4.15. The van der Waals surface area contributed by atoms with Gasteiger partial charge in [-0.25, -0.2) is 4.39 Å². The summed E-state index contributed by atoms with van der Waals surface area (Å²) in [5.41, 5.74) is -5.29. The molecule has 0 spiro atoms. The van der Waals surface area contributed by atoms with E-state index in [1.165, 1.54) is 46.9 Å². The SMILES string of the molecule is COc1ccc(F)cc1C(C)(C)CC(O)(Cn1c(C)cc(C)c(C#N)c1=O)C(F)(F)F. The third-order valence-corrected chi connectivity index (χ3v) is 5.39. The first kappa shape index (κ1) is 24.4. The molecule has 0 radical (unpaired) electrons. The molecule has 1 heterocycles. The highest BCUT2D eigenvalue weighted by molar-refractivity contribution is 5.40. The summed E-state index contributed by atoms with van der Waals surface area (Å²) < 4.78 is 62.0. The van der Waals surface area contributed by atoms with Gasteiger partial charge in [-0.3, -0.25) is 4.79 Å². The molecular weight excluding hydrogens is 416 g/mol. The first-order valence-electron chi connectivity index (χ1n) is 9.41. The summed E-state index contributed by atoms with van der Waals surface area (Å²) in [4.78, 5) is 12.6. The first-order valence-corrected chi connectivity index (χ1v) is 9.41. The number of halogens is 4. The van der Waals surface area contributed by atoms with E-state index in [4.69, 9.17) is 4.74 Å². The fourth-order valence-electron chi connectivity index (χ4n) is 3.80. The normalized spacial score (nSPS) is 14.1. The van der Waals surface area contributed by atoms with Gasteiger partial charge < -0.3 is 14.4 Å². The highest BCUT2D eigenvalue weighted by Crippen LogP contribution is 2.44. The zero-order valence-electron chi connectivity index (χ0n) is 17.9. The molecule has 1 unspecified atom stereocenters. The van der Waals surface area contributed by atoms with Crippen LogP contribution in [0, 0.1) is 31.0 Å². The maximum absolute atomic E-state index is 14.1. The summed E-state index contributed by atoms with van der Waals surface area (Å²) in [7, 11) is 1.31. The Hall–Kier alpha value is -2.86. The van der Waals surface area contributed by atoms with Crippen molar-refractivity contribution in [2.45, 2.75) is 57.9 Å². The molecule has 31 heavy (non-hydrogen) atoms. The minimum absolute atomic E-state index is 0.142. The summed E-state index contributed by atoms with van der Waals surface area (Å²) in [6.07, 6.45) is -6.00. The number of hydrogen-bond donors (Lipinski definition) is 1. The first-order chi connectivity index (χ1) is 14.2. The Bertz CT molecular complexity index is 1080. The van der Waals surface area contributed by atoms with Crippen molar-refractivity contribution in [1.82, 2.24) is 4.57 Å². The van der Waals surface area contributed by atoms with Crippen molar-refractivity contribution >= 4 is 0 Å². The second-order valence-electron chi connectivity index (χ2n) is 8.28. The molecule has 1 N–H and O–H groups in total. The van der Waals surface area contributed by atoms with Crippen LogP contribution in [0.25, 0.3) is 0 Å². The number of aromatic nitrogens is 1. The lowest BCUT2D eigenvalue weighted by Gasteiger charge is -2.39. The van der Waals surface area contributed by atoms with Crippen LogP contribution in [0.4, 0.5) is 17.6 Å². The molecule has 2 rings (SSSR count). The number of methoxy groups -OCH3 is 1. The standard InChI is InChI=1S/C22H24F4N2O3/c1-13-8-14(2)28(19(29)16(13)10-27)12-21(30,22(24,25)26)11-20(3,4)17-9-15(23)6-7-18(17)31-5/h6-9,30H,11-12H2,1-5H3. The molecule has 1 aromatic carbocycles. The summed E-state index contributed by atoms with van der Waals surface area (Å²) in [5.74, 6) is -0.491. The third kappa shape index (κ3) is 4.74. The highest BCUT2D eigenvalue weighted by atomic mass is 19.4. The van der Waals surface area contributed by atoms with Crippen molar-refractivity contribution in [1.29, 1.82) is 5.26 Å². The fraction of sp³-hybridized carbons (Fsp3) is 0.455. The molecule has 0 saturated heterocycles. The number of hydrogen-bond acceptors (Lipinski definition) is 4. The maximum Gasteiger partial charge on any atom is 0.418 e. The maximum atomic E-state index is 14.1. The van der Waals surface area contributed by atoms with E-state index in [2.05, 4.69) is 0 Å². The second-order valence-corrected chi connectivity index (χ2v) is 8.28. The number of benzene rings is 1. The van der Waals surface area contributed by atoms with Crippen LogP contribution in [0.1, 0.15) is 42.7 Å². The molecule has 168 valence electrons. The van der Waals surface area contributed by atoms with Gasteiger partial charge in [-0.1, -0.05) is 13.8 Å². The third-order valence-electron chi connectivity index (χ3n) is 5.39. The number of rotatable bonds is 6. The second kappa shape index (κ2) is 8.35. The molecule has 1 atom stereocenters. The fourth-order valence-corrected chi connectivity index (χ4v) is 3.80. The Kier molecular flexibility index (Phi) is 6.57. The molecule has 0 bridgehead atoms. The van der Waals surface area contributed by atoms with Crippen LogP contribution >= 0.6 is 0 Å². The van der Waals surface area contributed by atoms with E-state index in [1.807, 2.05) is 0 Å². The van der Waals surface area contributed by atoms with Crippen molar-refractivity contribution in [2.24, 2.45) is 0 Å². The van der Waals surface area contributed by atoms with Crippen molar-refractivity contribution in [3.8, 4) is 11.8 Å². The van der Waals surface area contributed by atoms with Crippen LogP contribution in [0.5, 0.6) is 5.75 Å². The predicted molar refractivity (Wildman–Crippen MR) is 106 cm³/mol. The van der Waals surface area contributed by atoms with Gasteiger partial charge in [0.05, 0.1) is 13.7 Å². The van der Waals surface area contributed by atoms with Gasteiger partial charge in [0.15, 0.2) is 5.60 Å². The van der Waals surface area contributed by atoms with Gasteiger partial charge in [-0.2, -0.15) is 18.4 Å². The molecule has 0 aliphatic carbocycles.